The van der Waals surface area contributed by atoms with Crippen molar-refractivity contribution in [2.75, 3.05) is 13.2 Å². The molecule has 1 atom stereocenters. The Hall–Kier alpha value is -1.47. The maximum atomic E-state index is 11.7. The molecule has 0 aliphatic carbocycles. The van der Waals surface area contributed by atoms with Gasteiger partial charge in [0.05, 0.1) is 18.2 Å². The van der Waals surface area contributed by atoms with Crippen LogP contribution in [0.3, 0.4) is 0 Å². The highest BCUT2D eigenvalue weighted by Crippen LogP contribution is 2.18. The van der Waals surface area contributed by atoms with Gasteiger partial charge in [0.1, 0.15) is 9.88 Å². The number of carbonyl (C=O) groups excluding carboxylic acids is 1. The number of ether oxygens (including phenoxy) is 1. The fraction of sp³-hybridized carbons (Fsp3) is 0.583. The molecule has 104 valence electrons. The SMILES string of the molecule is Cc1nc(CC(=O)NC[C@H]2CCCO2)sc1C(=O)O. The number of hydrogen-bond donors (Lipinski definition) is 2. The number of aromatic nitrogens is 1. The maximum absolute atomic E-state index is 11.7. The summed E-state index contributed by atoms with van der Waals surface area (Å²) in [5, 5.41) is 12.2. The predicted octanol–water partition coefficient (Wildman–Crippen LogP) is 0.987. The largest absolute Gasteiger partial charge is 0.477 e. The summed E-state index contributed by atoms with van der Waals surface area (Å²) in [6.07, 6.45) is 2.23. The average molecular weight is 284 g/mol. The molecule has 1 aromatic rings. The van der Waals surface area contributed by atoms with Crippen LogP contribution in [0.2, 0.25) is 0 Å². The minimum absolute atomic E-state index is 0.108. The van der Waals surface area contributed by atoms with E-state index in [0.29, 0.717) is 17.2 Å². The van der Waals surface area contributed by atoms with Crippen molar-refractivity contribution in [3.8, 4) is 0 Å². The molecule has 0 bridgehead atoms. The number of thiazole rings is 1. The van der Waals surface area contributed by atoms with Gasteiger partial charge in [0.15, 0.2) is 0 Å². The fourth-order valence-electron chi connectivity index (χ4n) is 1.96. The van der Waals surface area contributed by atoms with E-state index in [1.807, 2.05) is 0 Å². The molecule has 2 heterocycles. The Kier molecular flexibility index (Phi) is 4.49. The number of amides is 1. The van der Waals surface area contributed by atoms with Crippen LogP contribution in [0.25, 0.3) is 0 Å². The number of aromatic carboxylic acids is 1. The van der Waals surface area contributed by atoms with Crippen LogP contribution in [0.1, 0.15) is 33.2 Å². The van der Waals surface area contributed by atoms with Gasteiger partial charge in [0.25, 0.3) is 0 Å². The summed E-state index contributed by atoms with van der Waals surface area (Å²) >= 11 is 1.05. The fourth-order valence-corrected chi connectivity index (χ4v) is 2.86. The summed E-state index contributed by atoms with van der Waals surface area (Å²) in [5.41, 5.74) is 0.458. The molecule has 0 radical (unpaired) electrons. The zero-order chi connectivity index (χ0) is 13.8. The zero-order valence-corrected chi connectivity index (χ0v) is 11.5. The van der Waals surface area contributed by atoms with Gasteiger partial charge in [-0.3, -0.25) is 4.79 Å². The highest BCUT2D eigenvalue weighted by Gasteiger charge is 2.18. The van der Waals surface area contributed by atoms with E-state index in [9.17, 15) is 9.59 Å². The lowest BCUT2D eigenvalue weighted by molar-refractivity contribution is -0.120. The minimum Gasteiger partial charge on any atom is -0.477 e. The highest BCUT2D eigenvalue weighted by molar-refractivity contribution is 7.13. The Morgan fingerprint density at radius 1 is 1.58 bits per heavy atom. The third-order valence-corrected chi connectivity index (χ3v) is 4.04. The molecule has 2 N–H and O–H groups in total. The molecule has 1 aliphatic rings. The van der Waals surface area contributed by atoms with Gasteiger partial charge in [0, 0.05) is 13.2 Å². The van der Waals surface area contributed by atoms with Crippen molar-refractivity contribution in [2.45, 2.75) is 32.3 Å². The monoisotopic (exact) mass is 284 g/mol. The third kappa shape index (κ3) is 3.74. The molecule has 0 unspecified atom stereocenters. The van der Waals surface area contributed by atoms with Crippen LogP contribution in [0.15, 0.2) is 0 Å². The predicted molar refractivity (Wildman–Crippen MR) is 69.5 cm³/mol. The van der Waals surface area contributed by atoms with Gasteiger partial charge in [0.2, 0.25) is 5.91 Å². The van der Waals surface area contributed by atoms with Crippen molar-refractivity contribution in [1.29, 1.82) is 0 Å². The molecule has 1 saturated heterocycles. The van der Waals surface area contributed by atoms with E-state index in [2.05, 4.69) is 10.3 Å². The first-order chi connectivity index (χ1) is 9.06. The molecular weight excluding hydrogens is 268 g/mol. The van der Waals surface area contributed by atoms with E-state index >= 15 is 0 Å². The molecule has 1 aliphatic heterocycles. The van der Waals surface area contributed by atoms with Gasteiger partial charge >= 0.3 is 5.97 Å². The van der Waals surface area contributed by atoms with Crippen LogP contribution in [-0.4, -0.2) is 41.2 Å². The smallest absolute Gasteiger partial charge is 0.347 e. The Bertz CT molecular complexity index is 480. The van der Waals surface area contributed by atoms with Gasteiger partial charge in [-0.25, -0.2) is 9.78 Å². The second-order valence-electron chi connectivity index (χ2n) is 4.44. The lowest BCUT2D eigenvalue weighted by Crippen LogP contribution is -2.32. The number of hydrogen-bond acceptors (Lipinski definition) is 5. The number of carboxylic acid groups (broad SMARTS) is 1. The van der Waals surface area contributed by atoms with Crippen LogP contribution in [0.4, 0.5) is 0 Å². The van der Waals surface area contributed by atoms with Crippen molar-refractivity contribution in [3.05, 3.63) is 15.6 Å². The lowest BCUT2D eigenvalue weighted by atomic mass is 10.2. The molecule has 1 fully saturated rings. The van der Waals surface area contributed by atoms with Crippen molar-refractivity contribution in [2.24, 2.45) is 0 Å². The summed E-state index contributed by atoms with van der Waals surface area (Å²) in [4.78, 5) is 26.9. The summed E-state index contributed by atoms with van der Waals surface area (Å²) in [7, 11) is 0. The minimum atomic E-state index is -0.999. The molecule has 2 rings (SSSR count). The second-order valence-corrected chi connectivity index (χ2v) is 5.53. The number of nitrogens with one attached hydrogen (secondary N) is 1. The number of carboxylic acids is 1. The Morgan fingerprint density at radius 3 is 2.95 bits per heavy atom. The van der Waals surface area contributed by atoms with Crippen LogP contribution in [0.5, 0.6) is 0 Å². The molecule has 1 aromatic heterocycles. The number of nitrogens with zero attached hydrogens (tertiary/aromatic N) is 1. The standard InChI is InChI=1S/C12H16N2O4S/c1-7-11(12(16)17)19-10(14-7)5-9(15)13-6-8-3-2-4-18-8/h8H,2-6H2,1H3,(H,13,15)(H,16,17)/t8-/m1/s1. The topological polar surface area (TPSA) is 88.5 Å². The number of rotatable bonds is 5. The second kappa shape index (κ2) is 6.12. The molecule has 0 saturated carbocycles. The van der Waals surface area contributed by atoms with Crippen LogP contribution >= 0.6 is 11.3 Å². The molecule has 19 heavy (non-hydrogen) atoms. The van der Waals surface area contributed by atoms with E-state index < -0.39 is 5.97 Å². The summed E-state index contributed by atoms with van der Waals surface area (Å²) in [6.45, 7) is 2.90. The average Bonchev–Trinajstić information content (AvgIpc) is 2.96. The molecule has 7 heteroatoms. The first kappa shape index (κ1) is 14.0. The quantitative estimate of drug-likeness (QED) is 0.841. The van der Waals surface area contributed by atoms with E-state index in [4.69, 9.17) is 9.84 Å². The Morgan fingerprint density at radius 2 is 2.37 bits per heavy atom. The maximum Gasteiger partial charge on any atom is 0.347 e. The van der Waals surface area contributed by atoms with E-state index in [1.165, 1.54) is 0 Å². The lowest BCUT2D eigenvalue weighted by Gasteiger charge is -2.09. The zero-order valence-electron chi connectivity index (χ0n) is 10.6. The van der Waals surface area contributed by atoms with Gasteiger partial charge in [-0.15, -0.1) is 11.3 Å². The summed E-state index contributed by atoms with van der Waals surface area (Å²) in [5.74, 6) is -1.15. The number of carbonyl (C=O) groups is 2. The van der Waals surface area contributed by atoms with E-state index in [-0.39, 0.29) is 23.3 Å². The van der Waals surface area contributed by atoms with Gasteiger partial charge < -0.3 is 15.2 Å². The summed E-state index contributed by atoms with van der Waals surface area (Å²) in [6, 6.07) is 0. The van der Waals surface area contributed by atoms with Gasteiger partial charge in [-0.2, -0.15) is 0 Å². The molecule has 6 nitrogen and oxygen atoms in total. The van der Waals surface area contributed by atoms with Crippen molar-refractivity contribution in [3.63, 3.8) is 0 Å². The van der Waals surface area contributed by atoms with Crippen molar-refractivity contribution in [1.82, 2.24) is 10.3 Å². The van der Waals surface area contributed by atoms with Crippen molar-refractivity contribution >= 4 is 23.2 Å². The molecule has 0 aromatic carbocycles. The summed E-state index contributed by atoms with van der Waals surface area (Å²) < 4.78 is 5.40. The Balaban J connectivity index is 1.84. The first-order valence-electron chi connectivity index (χ1n) is 6.14. The normalized spacial score (nSPS) is 18.5. The highest BCUT2D eigenvalue weighted by atomic mass is 32.1. The van der Waals surface area contributed by atoms with E-state index in [1.54, 1.807) is 6.92 Å². The Labute approximate surface area is 114 Å². The van der Waals surface area contributed by atoms with Crippen molar-refractivity contribution < 1.29 is 19.4 Å². The third-order valence-electron chi connectivity index (χ3n) is 2.90. The molecule has 0 spiro atoms. The van der Waals surface area contributed by atoms with Crippen LogP contribution in [-0.2, 0) is 16.0 Å². The van der Waals surface area contributed by atoms with Gasteiger partial charge in [-0.05, 0) is 19.8 Å². The first-order valence-corrected chi connectivity index (χ1v) is 6.96. The molecule has 1 amide bonds. The molecular formula is C12H16N2O4S. The van der Waals surface area contributed by atoms with Crippen LogP contribution in [0, 0.1) is 6.92 Å². The van der Waals surface area contributed by atoms with Gasteiger partial charge in [-0.1, -0.05) is 0 Å². The number of aryl methyl sites for hydroxylation is 1. The van der Waals surface area contributed by atoms with E-state index in [0.717, 1.165) is 30.8 Å². The van der Waals surface area contributed by atoms with Crippen LogP contribution < -0.4 is 5.32 Å².